The van der Waals surface area contributed by atoms with Crippen molar-refractivity contribution in [3.8, 4) is 17.2 Å². The minimum absolute atomic E-state index is 0.0999. The minimum atomic E-state index is -0.586. The first-order valence-electron chi connectivity index (χ1n) is 11.9. The highest BCUT2D eigenvalue weighted by Crippen LogP contribution is 2.44. The number of hydrogen-bond acceptors (Lipinski definition) is 5. The summed E-state index contributed by atoms with van der Waals surface area (Å²) in [5.74, 6) is 0.513. The average molecular weight is 491 g/mol. The Hall–Kier alpha value is -4.07. The normalized spacial score (nSPS) is 18.8. The van der Waals surface area contributed by atoms with Crippen molar-refractivity contribution in [3.05, 3.63) is 77.6 Å². The van der Waals surface area contributed by atoms with Gasteiger partial charge in [0.05, 0.1) is 19.1 Å². The van der Waals surface area contributed by atoms with Gasteiger partial charge in [-0.25, -0.2) is 4.39 Å². The van der Waals surface area contributed by atoms with Gasteiger partial charge in [-0.05, 0) is 60.4 Å². The zero-order valence-electron chi connectivity index (χ0n) is 20.1. The Morgan fingerprint density at radius 3 is 2.58 bits per heavy atom. The van der Waals surface area contributed by atoms with Crippen LogP contribution in [0.25, 0.3) is 0 Å². The first-order chi connectivity index (χ1) is 17.5. The van der Waals surface area contributed by atoms with Gasteiger partial charge in [-0.3, -0.25) is 9.59 Å². The van der Waals surface area contributed by atoms with Crippen molar-refractivity contribution in [1.29, 1.82) is 0 Å². The second-order valence-electron chi connectivity index (χ2n) is 8.81. The van der Waals surface area contributed by atoms with E-state index in [9.17, 15) is 14.0 Å². The van der Waals surface area contributed by atoms with Crippen molar-refractivity contribution in [2.75, 3.05) is 24.1 Å². The van der Waals surface area contributed by atoms with Crippen molar-refractivity contribution < 1.29 is 28.2 Å². The maximum atomic E-state index is 14.4. The van der Waals surface area contributed by atoms with E-state index < -0.39 is 12.0 Å². The molecule has 1 saturated heterocycles. The summed E-state index contributed by atoms with van der Waals surface area (Å²) in [7, 11) is 1.58. The van der Waals surface area contributed by atoms with Crippen molar-refractivity contribution in [3.63, 3.8) is 0 Å². The van der Waals surface area contributed by atoms with Crippen LogP contribution in [0, 0.1) is 11.7 Å². The number of hydrogen-bond donors (Lipinski definition) is 1. The molecular weight excluding hydrogens is 463 g/mol. The van der Waals surface area contributed by atoms with Crippen LogP contribution in [-0.2, 0) is 16.0 Å². The summed E-state index contributed by atoms with van der Waals surface area (Å²) < 4.78 is 30.6. The molecule has 3 aromatic rings. The Bertz CT molecular complexity index is 1290. The van der Waals surface area contributed by atoms with Gasteiger partial charge in [0, 0.05) is 23.9 Å². The van der Waals surface area contributed by atoms with Crippen molar-refractivity contribution in [2.24, 2.45) is 5.92 Å². The number of fused-ring (bicyclic) bond motifs is 1. The molecule has 0 saturated carbocycles. The van der Waals surface area contributed by atoms with Gasteiger partial charge in [0.1, 0.15) is 11.6 Å². The lowest BCUT2D eigenvalue weighted by Gasteiger charge is -2.41. The third-order valence-electron chi connectivity index (χ3n) is 6.73. The van der Waals surface area contributed by atoms with E-state index in [4.69, 9.17) is 14.2 Å². The van der Waals surface area contributed by atoms with Crippen LogP contribution in [-0.4, -0.2) is 25.7 Å². The average Bonchev–Trinajstić information content (AvgIpc) is 3.36. The molecule has 0 aromatic heterocycles. The second kappa shape index (κ2) is 9.89. The summed E-state index contributed by atoms with van der Waals surface area (Å²) in [6, 6.07) is 16.8. The summed E-state index contributed by atoms with van der Waals surface area (Å²) in [5.41, 5.74) is 2.37. The number of carbonyl (C=O) groups is 2. The molecule has 1 N–H and O–H groups in total. The molecule has 2 amide bonds. The maximum Gasteiger partial charge on any atom is 0.231 e. The lowest BCUT2D eigenvalue weighted by atomic mass is 9.83. The largest absolute Gasteiger partial charge is 0.497 e. The van der Waals surface area contributed by atoms with E-state index in [1.807, 2.05) is 19.1 Å². The quantitative estimate of drug-likeness (QED) is 0.511. The van der Waals surface area contributed by atoms with Gasteiger partial charge in [0.15, 0.2) is 11.5 Å². The first-order valence-corrected chi connectivity index (χ1v) is 11.9. The minimum Gasteiger partial charge on any atom is -0.497 e. The number of nitrogens with zero attached hydrogens (tertiary/aromatic N) is 1. The molecule has 0 radical (unpaired) electrons. The van der Waals surface area contributed by atoms with Gasteiger partial charge in [0.25, 0.3) is 0 Å². The molecule has 8 heteroatoms. The SMILES string of the molecule is CCc1ccc(NC(=O)C2CCC(=O)N(c3ccc4c(c3)OCO4)C2c2ccc(OC)cc2)cc1F. The van der Waals surface area contributed by atoms with Crippen LogP contribution in [0.15, 0.2) is 60.7 Å². The smallest absolute Gasteiger partial charge is 0.231 e. The predicted molar refractivity (Wildman–Crippen MR) is 133 cm³/mol. The molecule has 5 rings (SSSR count). The number of carbonyl (C=O) groups excluding carboxylic acids is 2. The molecule has 0 bridgehead atoms. The molecular formula is C28H27FN2O5. The fourth-order valence-electron chi connectivity index (χ4n) is 4.84. The molecule has 2 atom stereocenters. The van der Waals surface area contributed by atoms with Gasteiger partial charge < -0.3 is 24.4 Å². The highest BCUT2D eigenvalue weighted by atomic mass is 19.1. The van der Waals surface area contributed by atoms with Crippen molar-refractivity contribution >= 4 is 23.2 Å². The van der Waals surface area contributed by atoms with Crippen LogP contribution in [0.5, 0.6) is 17.2 Å². The summed E-state index contributed by atoms with van der Waals surface area (Å²) in [6.45, 7) is 1.99. The molecule has 2 aliphatic rings. The van der Waals surface area contributed by atoms with Crippen LogP contribution in [0.4, 0.5) is 15.8 Å². The Labute approximate surface area is 208 Å². The molecule has 2 heterocycles. The summed E-state index contributed by atoms with van der Waals surface area (Å²) in [6.07, 6.45) is 1.12. The van der Waals surface area contributed by atoms with Crippen LogP contribution >= 0.6 is 0 Å². The molecule has 0 spiro atoms. The molecule has 186 valence electrons. The topological polar surface area (TPSA) is 77.1 Å². The fourth-order valence-corrected chi connectivity index (χ4v) is 4.84. The van der Waals surface area contributed by atoms with Gasteiger partial charge in [0.2, 0.25) is 18.6 Å². The zero-order chi connectivity index (χ0) is 25.2. The molecule has 36 heavy (non-hydrogen) atoms. The molecule has 7 nitrogen and oxygen atoms in total. The third kappa shape index (κ3) is 4.46. The lowest BCUT2D eigenvalue weighted by molar-refractivity contribution is -0.125. The number of rotatable bonds is 6. The standard InChI is InChI=1S/C28H27FN2O5/c1-3-17-4-7-19(14-23(17)29)30-28(33)22-11-13-26(32)31(20-8-12-24-25(15-20)36-16-35-24)27(22)18-5-9-21(34-2)10-6-18/h4-10,12,14-15,22,27H,3,11,13,16H2,1-2H3,(H,30,33). The monoisotopic (exact) mass is 490 g/mol. The Balaban J connectivity index is 1.52. The molecule has 2 aliphatic heterocycles. The highest BCUT2D eigenvalue weighted by Gasteiger charge is 2.42. The van der Waals surface area contributed by atoms with E-state index in [1.54, 1.807) is 54.5 Å². The van der Waals surface area contributed by atoms with Crippen molar-refractivity contribution in [2.45, 2.75) is 32.2 Å². The number of amides is 2. The van der Waals surface area contributed by atoms with E-state index in [1.165, 1.54) is 6.07 Å². The van der Waals surface area contributed by atoms with E-state index >= 15 is 0 Å². The summed E-state index contributed by atoms with van der Waals surface area (Å²) >= 11 is 0. The van der Waals surface area contributed by atoms with E-state index in [-0.39, 0.29) is 30.8 Å². The number of anilines is 2. The zero-order valence-corrected chi connectivity index (χ0v) is 20.1. The molecule has 1 fully saturated rings. The van der Waals surface area contributed by atoms with E-state index in [0.717, 1.165) is 5.56 Å². The number of piperidine rings is 1. The first kappa shape index (κ1) is 23.7. The van der Waals surface area contributed by atoms with Crippen LogP contribution in [0.2, 0.25) is 0 Å². The number of ether oxygens (including phenoxy) is 3. The van der Waals surface area contributed by atoms with Gasteiger partial charge in [-0.2, -0.15) is 0 Å². The van der Waals surface area contributed by atoms with Gasteiger partial charge >= 0.3 is 0 Å². The van der Waals surface area contributed by atoms with Gasteiger partial charge in [-0.15, -0.1) is 0 Å². The second-order valence-corrected chi connectivity index (χ2v) is 8.81. The van der Waals surface area contributed by atoms with E-state index in [2.05, 4.69) is 5.32 Å². The van der Waals surface area contributed by atoms with Crippen molar-refractivity contribution in [1.82, 2.24) is 0 Å². The Kier molecular flexibility index (Phi) is 6.50. The number of benzene rings is 3. The van der Waals surface area contributed by atoms with Crippen LogP contribution < -0.4 is 24.4 Å². The fraction of sp³-hybridized carbons (Fsp3) is 0.286. The van der Waals surface area contributed by atoms with E-state index in [0.29, 0.717) is 47.0 Å². The maximum absolute atomic E-state index is 14.4. The third-order valence-corrected chi connectivity index (χ3v) is 6.73. The Morgan fingerprint density at radius 1 is 1.08 bits per heavy atom. The Morgan fingerprint density at radius 2 is 1.86 bits per heavy atom. The molecule has 3 aromatic carbocycles. The molecule has 2 unspecified atom stereocenters. The summed E-state index contributed by atoms with van der Waals surface area (Å²) in [5, 5.41) is 2.87. The van der Waals surface area contributed by atoms with Gasteiger partial charge in [-0.1, -0.05) is 25.1 Å². The molecule has 0 aliphatic carbocycles. The van der Waals surface area contributed by atoms with Crippen LogP contribution in [0.1, 0.15) is 36.9 Å². The van der Waals surface area contributed by atoms with Crippen LogP contribution in [0.3, 0.4) is 0 Å². The lowest BCUT2D eigenvalue weighted by Crippen LogP contribution is -2.47. The predicted octanol–water partition coefficient (Wildman–Crippen LogP) is 5.25. The number of halogens is 1. The number of nitrogens with one attached hydrogen (secondary N) is 1. The number of aryl methyl sites for hydroxylation is 1. The highest BCUT2D eigenvalue weighted by molar-refractivity contribution is 6.00. The number of methoxy groups -OCH3 is 1. The summed E-state index contributed by atoms with van der Waals surface area (Å²) in [4.78, 5) is 28.5.